The second-order valence-corrected chi connectivity index (χ2v) is 7.03. The third-order valence-electron chi connectivity index (χ3n) is 3.78. The largest absolute Gasteiger partial charge is 0.316 e. The van der Waals surface area contributed by atoms with Crippen LogP contribution in [0.5, 0.6) is 0 Å². The number of nitrogens with one attached hydrogen (secondary N) is 1. The van der Waals surface area contributed by atoms with E-state index in [4.69, 9.17) is 4.98 Å². The Kier molecular flexibility index (Phi) is 3.43. The van der Waals surface area contributed by atoms with Crippen molar-refractivity contribution in [3.63, 3.8) is 0 Å². The van der Waals surface area contributed by atoms with E-state index in [1.165, 1.54) is 29.0 Å². The molecule has 0 saturated carbocycles. The molecule has 3 rings (SSSR count). The molecule has 1 N–H and O–H groups in total. The van der Waals surface area contributed by atoms with Crippen LogP contribution >= 0.6 is 27.3 Å². The van der Waals surface area contributed by atoms with Gasteiger partial charge in [0.1, 0.15) is 5.01 Å². The van der Waals surface area contributed by atoms with Crippen LogP contribution in [0.3, 0.4) is 0 Å². The van der Waals surface area contributed by atoms with Gasteiger partial charge >= 0.3 is 0 Å². The van der Waals surface area contributed by atoms with Gasteiger partial charge in [-0.05, 0) is 37.6 Å². The van der Waals surface area contributed by atoms with Crippen molar-refractivity contribution in [2.75, 3.05) is 13.1 Å². The van der Waals surface area contributed by atoms with Gasteiger partial charge in [0, 0.05) is 16.4 Å². The van der Waals surface area contributed by atoms with Crippen LogP contribution in [0.4, 0.5) is 0 Å². The Bertz CT molecular complexity index is 558. The quantitative estimate of drug-likeness (QED) is 0.919. The highest BCUT2D eigenvalue weighted by molar-refractivity contribution is 9.10. The molecule has 0 aliphatic carbocycles. The molecule has 1 aliphatic heterocycles. The van der Waals surface area contributed by atoms with Crippen molar-refractivity contribution >= 4 is 37.5 Å². The molecule has 0 bridgehead atoms. The first kappa shape index (κ1) is 12.6. The number of rotatable bonds is 3. The maximum atomic E-state index is 4.88. The standard InChI is InChI=1S/C14H17BrN2S/c1-2-5-14(6-7-16-9-14)13-17-11-4-3-10(15)8-12(11)18-13/h3-4,8,16H,2,5-7,9H2,1H3. The third-order valence-corrected chi connectivity index (χ3v) is 5.53. The number of fused-ring (bicyclic) bond motifs is 1. The van der Waals surface area contributed by atoms with E-state index in [0.29, 0.717) is 0 Å². The molecule has 1 atom stereocenters. The van der Waals surface area contributed by atoms with E-state index >= 15 is 0 Å². The molecule has 0 amide bonds. The van der Waals surface area contributed by atoms with Crippen LogP contribution in [0.15, 0.2) is 22.7 Å². The fourth-order valence-corrected chi connectivity index (χ4v) is 4.61. The fraction of sp³-hybridized carbons (Fsp3) is 0.500. The van der Waals surface area contributed by atoms with Gasteiger partial charge in [0.05, 0.1) is 10.2 Å². The summed E-state index contributed by atoms with van der Waals surface area (Å²) in [6, 6.07) is 6.37. The van der Waals surface area contributed by atoms with Crippen molar-refractivity contribution in [3.8, 4) is 0 Å². The Morgan fingerprint density at radius 3 is 3.11 bits per heavy atom. The Morgan fingerprint density at radius 1 is 1.50 bits per heavy atom. The molecule has 2 nitrogen and oxygen atoms in total. The molecule has 2 heterocycles. The summed E-state index contributed by atoms with van der Waals surface area (Å²) < 4.78 is 2.43. The van der Waals surface area contributed by atoms with Crippen molar-refractivity contribution in [2.24, 2.45) is 0 Å². The molecule has 1 fully saturated rings. The fourth-order valence-electron chi connectivity index (χ4n) is 2.85. The molecule has 1 saturated heterocycles. The van der Waals surface area contributed by atoms with Gasteiger partial charge < -0.3 is 5.32 Å². The molecule has 1 aliphatic rings. The van der Waals surface area contributed by atoms with Crippen molar-refractivity contribution in [3.05, 3.63) is 27.7 Å². The summed E-state index contributed by atoms with van der Waals surface area (Å²) in [5.41, 5.74) is 1.42. The van der Waals surface area contributed by atoms with Gasteiger partial charge in [-0.3, -0.25) is 0 Å². The van der Waals surface area contributed by atoms with Gasteiger partial charge in [0.15, 0.2) is 0 Å². The zero-order chi connectivity index (χ0) is 12.6. The predicted octanol–water partition coefficient (Wildman–Crippen LogP) is 4.09. The summed E-state index contributed by atoms with van der Waals surface area (Å²) in [6.07, 6.45) is 3.68. The molecule has 1 aromatic heterocycles. The lowest BCUT2D eigenvalue weighted by Crippen LogP contribution is -2.28. The number of halogens is 1. The van der Waals surface area contributed by atoms with E-state index in [1.807, 2.05) is 11.3 Å². The smallest absolute Gasteiger partial charge is 0.101 e. The Labute approximate surface area is 120 Å². The molecule has 0 radical (unpaired) electrons. The van der Waals surface area contributed by atoms with Crippen molar-refractivity contribution in [1.29, 1.82) is 0 Å². The summed E-state index contributed by atoms with van der Waals surface area (Å²) in [5, 5.41) is 4.83. The Hall–Kier alpha value is -0.450. The number of hydrogen-bond donors (Lipinski definition) is 1. The Balaban J connectivity index is 2.06. The lowest BCUT2D eigenvalue weighted by Gasteiger charge is -2.24. The second-order valence-electron chi connectivity index (χ2n) is 5.09. The third kappa shape index (κ3) is 2.10. The lowest BCUT2D eigenvalue weighted by molar-refractivity contribution is 0.426. The SMILES string of the molecule is CCCC1(c2nc3ccc(Br)cc3s2)CCNC1. The van der Waals surface area contributed by atoms with Crippen LogP contribution in [0, 0.1) is 0 Å². The topological polar surface area (TPSA) is 24.9 Å². The highest BCUT2D eigenvalue weighted by Crippen LogP contribution is 2.39. The van der Waals surface area contributed by atoms with Gasteiger partial charge in [0.2, 0.25) is 0 Å². The minimum Gasteiger partial charge on any atom is -0.316 e. The first-order chi connectivity index (χ1) is 8.73. The van der Waals surface area contributed by atoms with Crippen molar-refractivity contribution in [2.45, 2.75) is 31.6 Å². The predicted molar refractivity (Wildman–Crippen MR) is 81.4 cm³/mol. The highest BCUT2D eigenvalue weighted by Gasteiger charge is 2.37. The minimum absolute atomic E-state index is 0.283. The minimum atomic E-state index is 0.283. The van der Waals surface area contributed by atoms with E-state index in [9.17, 15) is 0 Å². The summed E-state index contributed by atoms with van der Waals surface area (Å²) in [5.74, 6) is 0. The highest BCUT2D eigenvalue weighted by atomic mass is 79.9. The number of hydrogen-bond acceptors (Lipinski definition) is 3. The number of aromatic nitrogens is 1. The molecule has 4 heteroatoms. The average molecular weight is 325 g/mol. The molecule has 2 aromatic rings. The van der Waals surface area contributed by atoms with Crippen LogP contribution in [-0.2, 0) is 5.41 Å². The molecule has 18 heavy (non-hydrogen) atoms. The monoisotopic (exact) mass is 324 g/mol. The summed E-state index contributed by atoms with van der Waals surface area (Å²) in [6.45, 7) is 4.48. The van der Waals surface area contributed by atoms with E-state index < -0.39 is 0 Å². The summed E-state index contributed by atoms with van der Waals surface area (Å²) in [4.78, 5) is 4.88. The number of thiazole rings is 1. The van der Waals surface area contributed by atoms with E-state index in [2.05, 4.69) is 46.4 Å². The molecule has 0 spiro atoms. The molecule has 1 aromatic carbocycles. The van der Waals surface area contributed by atoms with Gasteiger partial charge in [0.25, 0.3) is 0 Å². The van der Waals surface area contributed by atoms with Gasteiger partial charge in [-0.25, -0.2) is 4.98 Å². The van der Waals surface area contributed by atoms with Crippen LogP contribution in [0.25, 0.3) is 10.2 Å². The van der Waals surface area contributed by atoms with Gasteiger partial charge in [-0.1, -0.05) is 29.3 Å². The summed E-state index contributed by atoms with van der Waals surface area (Å²) >= 11 is 5.40. The van der Waals surface area contributed by atoms with E-state index in [0.717, 1.165) is 23.1 Å². The maximum Gasteiger partial charge on any atom is 0.101 e. The Morgan fingerprint density at radius 2 is 2.39 bits per heavy atom. The van der Waals surface area contributed by atoms with Gasteiger partial charge in [-0.15, -0.1) is 11.3 Å². The molecule has 1 unspecified atom stereocenters. The van der Waals surface area contributed by atoms with E-state index in [-0.39, 0.29) is 5.41 Å². The zero-order valence-corrected chi connectivity index (χ0v) is 12.9. The van der Waals surface area contributed by atoms with Crippen LogP contribution in [0.1, 0.15) is 31.2 Å². The molecular formula is C14H17BrN2S. The maximum absolute atomic E-state index is 4.88. The first-order valence-corrected chi connectivity index (χ1v) is 8.12. The average Bonchev–Trinajstić information content (AvgIpc) is 2.95. The van der Waals surface area contributed by atoms with Crippen LogP contribution < -0.4 is 5.32 Å². The lowest BCUT2D eigenvalue weighted by atomic mass is 9.83. The molecular weight excluding hydrogens is 308 g/mol. The number of benzene rings is 1. The number of nitrogens with zero attached hydrogens (tertiary/aromatic N) is 1. The zero-order valence-electron chi connectivity index (χ0n) is 10.5. The van der Waals surface area contributed by atoms with Gasteiger partial charge in [-0.2, -0.15) is 0 Å². The van der Waals surface area contributed by atoms with Crippen LogP contribution in [0.2, 0.25) is 0 Å². The molecule has 96 valence electrons. The second kappa shape index (κ2) is 4.91. The van der Waals surface area contributed by atoms with Crippen molar-refractivity contribution < 1.29 is 0 Å². The normalized spacial score (nSPS) is 23.9. The summed E-state index contributed by atoms with van der Waals surface area (Å²) in [7, 11) is 0. The van der Waals surface area contributed by atoms with Crippen molar-refractivity contribution in [1.82, 2.24) is 10.3 Å². The first-order valence-electron chi connectivity index (χ1n) is 6.51. The van der Waals surface area contributed by atoms with Crippen LogP contribution in [-0.4, -0.2) is 18.1 Å². The van der Waals surface area contributed by atoms with E-state index in [1.54, 1.807) is 0 Å².